The standard InChI is InChI=1S/C22H24N2O2S/c1-5-11-26-19-8-6-7-17(13-19)14-20-21(25)24(4)22(27-20)23-18-10-9-15(2)16(3)12-18/h6-10,12-14H,5,11H2,1-4H3/b20-14+,23-22?. The average molecular weight is 381 g/mol. The number of amidine groups is 1. The normalized spacial score (nSPS) is 17.2. The molecular weight excluding hydrogens is 356 g/mol. The van der Waals surface area contributed by atoms with E-state index in [2.05, 4.69) is 31.8 Å². The molecule has 2 aromatic carbocycles. The van der Waals surface area contributed by atoms with Crippen LogP contribution in [0.1, 0.15) is 30.0 Å². The number of nitrogens with zero attached hydrogens (tertiary/aromatic N) is 2. The number of ether oxygens (including phenoxy) is 1. The summed E-state index contributed by atoms with van der Waals surface area (Å²) in [5.41, 5.74) is 4.22. The molecule has 5 heteroatoms. The molecule has 0 radical (unpaired) electrons. The lowest BCUT2D eigenvalue weighted by atomic mass is 10.1. The molecule has 0 unspecified atom stereocenters. The molecule has 0 atom stereocenters. The zero-order valence-corrected chi connectivity index (χ0v) is 17.0. The topological polar surface area (TPSA) is 41.9 Å². The summed E-state index contributed by atoms with van der Waals surface area (Å²) in [6, 6.07) is 13.9. The average Bonchev–Trinajstić information content (AvgIpc) is 2.91. The van der Waals surface area contributed by atoms with Gasteiger partial charge in [-0.2, -0.15) is 0 Å². The number of rotatable bonds is 5. The molecule has 1 saturated heterocycles. The first-order valence-electron chi connectivity index (χ1n) is 9.04. The molecule has 1 aliphatic rings. The number of thioether (sulfide) groups is 1. The van der Waals surface area contributed by atoms with E-state index in [-0.39, 0.29) is 5.91 Å². The Balaban J connectivity index is 1.84. The van der Waals surface area contributed by atoms with E-state index in [4.69, 9.17) is 4.74 Å². The molecule has 1 aliphatic heterocycles. The van der Waals surface area contributed by atoms with Gasteiger partial charge in [-0.1, -0.05) is 25.1 Å². The second-order valence-corrected chi connectivity index (χ2v) is 7.57. The zero-order chi connectivity index (χ0) is 19.4. The SMILES string of the molecule is CCCOc1cccc(/C=C2/SC(=Nc3ccc(C)c(C)c3)N(C)C2=O)c1. The molecule has 3 rings (SSSR count). The Morgan fingerprint density at radius 2 is 1.96 bits per heavy atom. The largest absolute Gasteiger partial charge is 0.494 e. The van der Waals surface area contributed by atoms with Crippen LogP contribution in [0.3, 0.4) is 0 Å². The van der Waals surface area contributed by atoms with Crippen LogP contribution >= 0.6 is 11.8 Å². The minimum Gasteiger partial charge on any atom is -0.494 e. The highest BCUT2D eigenvalue weighted by atomic mass is 32.2. The van der Waals surface area contributed by atoms with E-state index in [1.165, 1.54) is 22.9 Å². The molecule has 0 spiro atoms. The molecule has 1 amide bonds. The number of hydrogen-bond acceptors (Lipinski definition) is 4. The molecule has 1 heterocycles. The van der Waals surface area contributed by atoms with Crippen LogP contribution in [-0.4, -0.2) is 29.6 Å². The number of benzene rings is 2. The number of amides is 1. The van der Waals surface area contributed by atoms with Gasteiger partial charge in [0.2, 0.25) is 0 Å². The number of likely N-dealkylation sites (N-methyl/N-ethyl adjacent to an activating group) is 1. The molecule has 0 aromatic heterocycles. The van der Waals surface area contributed by atoms with E-state index in [1.807, 2.05) is 42.5 Å². The Bertz CT molecular complexity index is 918. The van der Waals surface area contributed by atoms with Crippen LogP contribution in [0.15, 0.2) is 52.4 Å². The van der Waals surface area contributed by atoms with Crippen molar-refractivity contribution in [1.82, 2.24) is 4.90 Å². The maximum Gasteiger partial charge on any atom is 0.266 e. The van der Waals surface area contributed by atoms with Crippen LogP contribution in [0.25, 0.3) is 6.08 Å². The first-order chi connectivity index (χ1) is 13.0. The van der Waals surface area contributed by atoms with Gasteiger partial charge in [-0.15, -0.1) is 0 Å². The number of hydrogen-bond donors (Lipinski definition) is 0. The van der Waals surface area contributed by atoms with Crippen molar-refractivity contribution in [3.8, 4) is 5.75 Å². The monoisotopic (exact) mass is 380 g/mol. The summed E-state index contributed by atoms with van der Waals surface area (Å²) in [6.45, 7) is 6.90. The predicted octanol–water partition coefficient (Wildman–Crippen LogP) is 5.33. The van der Waals surface area contributed by atoms with Gasteiger partial charge in [0.1, 0.15) is 5.75 Å². The van der Waals surface area contributed by atoms with Gasteiger partial charge in [-0.05, 0) is 79.1 Å². The van der Waals surface area contributed by atoms with Gasteiger partial charge in [0.05, 0.1) is 17.2 Å². The van der Waals surface area contributed by atoms with Crippen molar-refractivity contribution in [1.29, 1.82) is 0 Å². The van der Waals surface area contributed by atoms with E-state index in [9.17, 15) is 4.79 Å². The fourth-order valence-corrected chi connectivity index (χ4v) is 3.61. The van der Waals surface area contributed by atoms with Gasteiger partial charge in [-0.3, -0.25) is 9.69 Å². The zero-order valence-electron chi connectivity index (χ0n) is 16.2. The van der Waals surface area contributed by atoms with Gasteiger partial charge in [0.15, 0.2) is 5.17 Å². The van der Waals surface area contributed by atoms with Crippen LogP contribution in [0.2, 0.25) is 0 Å². The molecule has 0 bridgehead atoms. The van der Waals surface area contributed by atoms with Gasteiger partial charge in [-0.25, -0.2) is 4.99 Å². The number of carbonyl (C=O) groups excluding carboxylic acids is 1. The quantitative estimate of drug-likeness (QED) is 0.659. The van der Waals surface area contributed by atoms with Crippen molar-refractivity contribution >= 4 is 34.6 Å². The van der Waals surface area contributed by atoms with E-state index in [0.717, 1.165) is 23.4 Å². The third kappa shape index (κ3) is 4.61. The Morgan fingerprint density at radius 3 is 2.70 bits per heavy atom. The molecule has 0 aliphatic carbocycles. The maximum absolute atomic E-state index is 12.6. The van der Waals surface area contributed by atoms with E-state index in [0.29, 0.717) is 16.7 Å². The van der Waals surface area contributed by atoms with Crippen molar-refractivity contribution < 1.29 is 9.53 Å². The molecule has 0 N–H and O–H groups in total. The molecule has 1 fully saturated rings. The predicted molar refractivity (Wildman–Crippen MR) is 114 cm³/mol. The lowest BCUT2D eigenvalue weighted by Crippen LogP contribution is -2.23. The van der Waals surface area contributed by atoms with Gasteiger partial charge >= 0.3 is 0 Å². The minimum absolute atomic E-state index is 0.0394. The highest BCUT2D eigenvalue weighted by molar-refractivity contribution is 8.18. The van der Waals surface area contributed by atoms with E-state index >= 15 is 0 Å². The van der Waals surface area contributed by atoms with Crippen LogP contribution in [0, 0.1) is 13.8 Å². The Labute approximate surface area is 164 Å². The first kappa shape index (κ1) is 19.2. The Hall–Kier alpha value is -2.53. The fraction of sp³-hybridized carbons (Fsp3) is 0.273. The van der Waals surface area contributed by atoms with Crippen LogP contribution in [-0.2, 0) is 4.79 Å². The number of carbonyl (C=O) groups is 1. The van der Waals surface area contributed by atoms with Crippen molar-refractivity contribution in [2.24, 2.45) is 4.99 Å². The van der Waals surface area contributed by atoms with Crippen molar-refractivity contribution in [2.45, 2.75) is 27.2 Å². The molecule has 2 aromatic rings. The highest BCUT2D eigenvalue weighted by Gasteiger charge is 2.30. The molecular formula is C22H24N2O2S. The fourth-order valence-electron chi connectivity index (χ4n) is 2.62. The summed E-state index contributed by atoms with van der Waals surface area (Å²) in [7, 11) is 1.76. The maximum atomic E-state index is 12.6. The third-order valence-corrected chi connectivity index (χ3v) is 5.41. The van der Waals surface area contributed by atoms with Crippen LogP contribution in [0.4, 0.5) is 5.69 Å². The van der Waals surface area contributed by atoms with Gasteiger partial charge in [0.25, 0.3) is 5.91 Å². The summed E-state index contributed by atoms with van der Waals surface area (Å²) in [4.78, 5) is 19.5. The van der Waals surface area contributed by atoms with E-state index < -0.39 is 0 Å². The van der Waals surface area contributed by atoms with Gasteiger partial charge < -0.3 is 4.74 Å². The summed E-state index contributed by atoms with van der Waals surface area (Å²) < 4.78 is 5.67. The number of aryl methyl sites for hydroxylation is 2. The van der Waals surface area contributed by atoms with Crippen molar-refractivity contribution in [3.05, 3.63) is 64.1 Å². The summed E-state index contributed by atoms with van der Waals surface area (Å²) in [5, 5.41) is 0.688. The molecule has 0 saturated carbocycles. The lowest BCUT2D eigenvalue weighted by Gasteiger charge is -2.08. The van der Waals surface area contributed by atoms with Crippen molar-refractivity contribution in [2.75, 3.05) is 13.7 Å². The smallest absolute Gasteiger partial charge is 0.266 e. The molecule has 140 valence electrons. The van der Waals surface area contributed by atoms with Crippen LogP contribution in [0.5, 0.6) is 5.75 Å². The number of aliphatic imine (C=N–C) groups is 1. The summed E-state index contributed by atoms with van der Waals surface area (Å²) in [6.07, 6.45) is 2.86. The van der Waals surface area contributed by atoms with Crippen LogP contribution < -0.4 is 4.74 Å². The lowest BCUT2D eigenvalue weighted by molar-refractivity contribution is -0.121. The van der Waals surface area contributed by atoms with Crippen molar-refractivity contribution in [3.63, 3.8) is 0 Å². The second kappa shape index (κ2) is 8.44. The first-order valence-corrected chi connectivity index (χ1v) is 9.86. The minimum atomic E-state index is -0.0394. The molecule has 4 nitrogen and oxygen atoms in total. The highest BCUT2D eigenvalue weighted by Crippen LogP contribution is 2.33. The second-order valence-electron chi connectivity index (χ2n) is 6.56. The Kier molecular flexibility index (Phi) is 6.01. The summed E-state index contributed by atoms with van der Waals surface area (Å²) >= 11 is 1.40. The third-order valence-electron chi connectivity index (χ3n) is 4.35. The Morgan fingerprint density at radius 1 is 1.15 bits per heavy atom. The molecule has 27 heavy (non-hydrogen) atoms. The summed E-state index contributed by atoms with van der Waals surface area (Å²) in [5.74, 6) is 0.779. The van der Waals surface area contributed by atoms with E-state index in [1.54, 1.807) is 11.9 Å². The van der Waals surface area contributed by atoms with Gasteiger partial charge in [0, 0.05) is 7.05 Å².